The van der Waals surface area contributed by atoms with Crippen LogP contribution in [0.25, 0.3) is 0 Å². The third-order valence-corrected chi connectivity index (χ3v) is 5.02. The molecule has 0 saturated heterocycles. The molecule has 1 atom stereocenters. The lowest BCUT2D eigenvalue weighted by molar-refractivity contribution is -0.192. The summed E-state index contributed by atoms with van der Waals surface area (Å²) in [6.07, 6.45) is -0.330. The van der Waals surface area contributed by atoms with Crippen LogP contribution in [0.5, 0.6) is 0 Å². The van der Waals surface area contributed by atoms with Gasteiger partial charge in [0.15, 0.2) is 11.5 Å². The summed E-state index contributed by atoms with van der Waals surface area (Å²) in [5.41, 5.74) is 1.44. The first kappa shape index (κ1) is 28.6. The summed E-state index contributed by atoms with van der Waals surface area (Å²) in [5, 5.41) is 30.2. The SMILES string of the molecule is C#CCCC1(CCNC(c2cccc(N(C)C)c2)c2nnnn2CC(F)F)N=N1.O=C(O)C(F)(F)F. The van der Waals surface area contributed by atoms with E-state index in [2.05, 4.69) is 37.0 Å². The van der Waals surface area contributed by atoms with E-state index in [-0.39, 0.29) is 0 Å². The van der Waals surface area contributed by atoms with Crippen molar-refractivity contribution in [1.29, 1.82) is 0 Å². The van der Waals surface area contributed by atoms with E-state index >= 15 is 0 Å². The van der Waals surface area contributed by atoms with E-state index in [9.17, 15) is 22.0 Å². The highest BCUT2D eigenvalue weighted by atomic mass is 19.4. The van der Waals surface area contributed by atoms with Crippen molar-refractivity contribution in [2.75, 3.05) is 25.5 Å². The zero-order chi connectivity index (χ0) is 26.9. The molecule has 36 heavy (non-hydrogen) atoms. The number of alkyl halides is 5. The van der Waals surface area contributed by atoms with Crippen molar-refractivity contribution in [2.45, 2.75) is 50.1 Å². The van der Waals surface area contributed by atoms with E-state index in [1.807, 2.05) is 43.3 Å². The maximum absolute atomic E-state index is 13.0. The number of carbonyl (C=O) groups is 1. The Morgan fingerprint density at radius 3 is 2.47 bits per heavy atom. The fourth-order valence-electron chi connectivity index (χ4n) is 3.10. The van der Waals surface area contributed by atoms with Crippen LogP contribution in [0.4, 0.5) is 27.6 Å². The Morgan fingerprint density at radius 1 is 1.28 bits per heavy atom. The first-order valence-corrected chi connectivity index (χ1v) is 10.6. The summed E-state index contributed by atoms with van der Waals surface area (Å²) in [5.74, 6) is 0.187. The molecule has 1 unspecified atom stereocenters. The second kappa shape index (κ2) is 12.3. The molecule has 0 radical (unpaired) electrons. The van der Waals surface area contributed by atoms with Crippen molar-refractivity contribution in [3.63, 3.8) is 0 Å². The average molecular weight is 516 g/mol. The van der Waals surface area contributed by atoms with E-state index in [1.165, 1.54) is 0 Å². The third kappa shape index (κ3) is 8.52. The number of anilines is 1. The van der Waals surface area contributed by atoms with Gasteiger partial charge in [-0.05, 0) is 28.1 Å². The van der Waals surface area contributed by atoms with Gasteiger partial charge in [-0.25, -0.2) is 18.3 Å². The number of carboxylic acid groups (broad SMARTS) is 1. The lowest BCUT2D eigenvalue weighted by Gasteiger charge is -2.21. The smallest absolute Gasteiger partial charge is 0.475 e. The fourth-order valence-corrected chi connectivity index (χ4v) is 3.10. The van der Waals surface area contributed by atoms with E-state index < -0.39 is 36.8 Å². The number of terminal acetylenes is 1. The first-order chi connectivity index (χ1) is 16.9. The quantitative estimate of drug-likeness (QED) is 0.347. The van der Waals surface area contributed by atoms with Crippen LogP contribution >= 0.6 is 0 Å². The maximum Gasteiger partial charge on any atom is 0.490 e. The lowest BCUT2D eigenvalue weighted by atomic mass is 10.0. The monoisotopic (exact) mass is 516 g/mol. The van der Waals surface area contributed by atoms with Crippen LogP contribution in [0.1, 0.15) is 36.7 Å². The Hall–Kier alpha value is -3.67. The van der Waals surface area contributed by atoms with Crippen LogP contribution in [0.3, 0.4) is 0 Å². The van der Waals surface area contributed by atoms with Gasteiger partial charge in [0.25, 0.3) is 6.43 Å². The van der Waals surface area contributed by atoms with Crippen LogP contribution < -0.4 is 10.2 Å². The van der Waals surface area contributed by atoms with Crippen molar-refractivity contribution in [3.8, 4) is 12.3 Å². The van der Waals surface area contributed by atoms with E-state index in [4.69, 9.17) is 16.3 Å². The lowest BCUT2D eigenvalue weighted by Crippen LogP contribution is -2.30. The second-order valence-electron chi connectivity index (χ2n) is 7.93. The van der Waals surface area contributed by atoms with Gasteiger partial charge in [0.05, 0.1) is 6.04 Å². The minimum absolute atomic E-state index is 0.337. The predicted molar refractivity (Wildman–Crippen MR) is 118 cm³/mol. The Bertz CT molecular complexity index is 1070. The summed E-state index contributed by atoms with van der Waals surface area (Å²) < 4.78 is 58.8. The van der Waals surface area contributed by atoms with Crippen LogP contribution in [-0.4, -0.2) is 70.2 Å². The van der Waals surface area contributed by atoms with E-state index in [0.29, 0.717) is 31.6 Å². The van der Waals surface area contributed by atoms with Gasteiger partial charge in [0, 0.05) is 45.6 Å². The van der Waals surface area contributed by atoms with Gasteiger partial charge >= 0.3 is 12.1 Å². The molecule has 0 aliphatic carbocycles. The predicted octanol–water partition coefficient (Wildman–Crippen LogP) is 3.28. The highest BCUT2D eigenvalue weighted by Gasteiger charge is 2.39. The molecule has 196 valence electrons. The molecule has 0 amide bonds. The van der Waals surface area contributed by atoms with Crippen LogP contribution in [0.2, 0.25) is 0 Å². The minimum atomic E-state index is -5.08. The molecular formula is C21H25F5N8O2. The van der Waals surface area contributed by atoms with Gasteiger partial charge < -0.3 is 15.3 Å². The van der Waals surface area contributed by atoms with Gasteiger partial charge in [-0.3, -0.25) is 0 Å². The molecule has 2 aromatic rings. The highest BCUT2D eigenvalue weighted by molar-refractivity contribution is 5.73. The third-order valence-electron chi connectivity index (χ3n) is 5.02. The summed E-state index contributed by atoms with van der Waals surface area (Å²) in [7, 11) is 3.88. The van der Waals surface area contributed by atoms with E-state index in [1.54, 1.807) is 0 Å². The maximum atomic E-state index is 13.0. The number of rotatable bonds is 11. The molecule has 0 saturated carbocycles. The van der Waals surface area contributed by atoms with Crippen molar-refractivity contribution in [2.24, 2.45) is 10.2 Å². The molecule has 1 aliphatic heterocycles. The van der Waals surface area contributed by atoms with Crippen LogP contribution in [0, 0.1) is 12.3 Å². The number of benzene rings is 1. The molecular weight excluding hydrogens is 491 g/mol. The summed E-state index contributed by atoms with van der Waals surface area (Å²) in [6, 6.07) is 7.34. The van der Waals surface area contributed by atoms with Gasteiger partial charge in [-0.15, -0.1) is 17.4 Å². The molecule has 2 heterocycles. The highest BCUT2D eigenvalue weighted by Crippen LogP contribution is 2.36. The number of aromatic nitrogens is 4. The number of tetrazole rings is 1. The summed E-state index contributed by atoms with van der Waals surface area (Å²) >= 11 is 0. The summed E-state index contributed by atoms with van der Waals surface area (Å²) in [6.45, 7) is -0.0133. The zero-order valence-electron chi connectivity index (χ0n) is 19.5. The molecule has 15 heteroatoms. The molecule has 2 N–H and O–H groups in total. The molecule has 1 aliphatic rings. The largest absolute Gasteiger partial charge is 0.490 e. The minimum Gasteiger partial charge on any atom is -0.475 e. The van der Waals surface area contributed by atoms with Crippen molar-refractivity contribution < 1.29 is 31.9 Å². The molecule has 1 aromatic carbocycles. The van der Waals surface area contributed by atoms with Gasteiger partial charge in [-0.2, -0.15) is 23.4 Å². The Kier molecular flexibility index (Phi) is 9.79. The zero-order valence-corrected chi connectivity index (χ0v) is 19.5. The van der Waals surface area contributed by atoms with Crippen LogP contribution in [0.15, 0.2) is 34.5 Å². The van der Waals surface area contributed by atoms with E-state index in [0.717, 1.165) is 15.9 Å². The molecule has 0 spiro atoms. The number of nitrogens with one attached hydrogen (secondary N) is 1. The van der Waals surface area contributed by atoms with Gasteiger partial charge in [0.1, 0.15) is 6.54 Å². The van der Waals surface area contributed by atoms with Gasteiger partial charge in [0.2, 0.25) is 0 Å². The topological polar surface area (TPSA) is 121 Å². The molecule has 3 rings (SSSR count). The van der Waals surface area contributed by atoms with Crippen molar-refractivity contribution in [3.05, 3.63) is 35.7 Å². The molecule has 10 nitrogen and oxygen atoms in total. The number of nitrogens with zero attached hydrogens (tertiary/aromatic N) is 7. The Labute approximate surface area is 203 Å². The first-order valence-electron chi connectivity index (χ1n) is 10.6. The van der Waals surface area contributed by atoms with Crippen molar-refractivity contribution in [1.82, 2.24) is 25.5 Å². The van der Waals surface area contributed by atoms with Crippen LogP contribution in [-0.2, 0) is 11.3 Å². The number of carboxylic acids is 1. The number of hydrogen-bond acceptors (Lipinski definition) is 8. The molecule has 1 aromatic heterocycles. The second-order valence-corrected chi connectivity index (χ2v) is 7.93. The number of hydrogen-bond donors (Lipinski definition) is 2. The Morgan fingerprint density at radius 2 is 1.94 bits per heavy atom. The fraction of sp³-hybridized carbons (Fsp3) is 0.524. The molecule has 0 bridgehead atoms. The molecule has 0 fully saturated rings. The summed E-state index contributed by atoms with van der Waals surface area (Å²) in [4.78, 5) is 10.9. The average Bonchev–Trinajstić information content (AvgIpc) is 3.44. The Balaban J connectivity index is 0.000000572. The standard InChI is InChI=1S/C19H24F2N8.C2HF3O2/c1-4-5-9-19(24-25-19)10-11-22-17(14-7-6-8-15(12-14)28(2)3)18-23-26-27-29(18)13-16(20)21;3-2(4,5)1(6)7/h1,6-8,12,16-17,22H,5,9-11,13H2,2-3H3;(H,6,7). The normalized spacial score (nSPS) is 14.5. The van der Waals surface area contributed by atoms with Crippen molar-refractivity contribution >= 4 is 11.7 Å². The number of halogens is 5. The van der Waals surface area contributed by atoms with Gasteiger partial charge in [-0.1, -0.05) is 12.1 Å². The number of aliphatic carboxylic acids is 1.